The molecule has 1 fully saturated rings. The van der Waals surface area contributed by atoms with Crippen molar-refractivity contribution < 1.29 is 4.42 Å². The molecule has 1 unspecified atom stereocenters. The summed E-state index contributed by atoms with van der Waals surface area (Å²) in [6, 6.07) is 5.75. The maximum absolute atomic E-state index is 5.80. The largest absolute Gasteiger partial charge is 0.448 e. The van der Waals surface area contributed by atoms with Crippen LogP contribution >= 0.6 is 11.6 Å². The molecule has 2 aromatic rings. The number of hydrogen-bond acceptors (Lipinski definition) is 4. The van der Waals surface area contributed by atoms with Crippen molar-refractivity contribution in [3.63, 3.8) is 0 Å². The molecule has 0 bridgehead atoms. The summed E-state index contributed by atoms with van der Waals surface area (Å²) in [5.74, 6) is 1.41. The lowest BCUT2D eigenvalue weighted by Gasteiger charge is -2.31. The molecule has 5 heteroatoms. The molecule has 0 spiro atoms. The van der Waals surface area contributed by atoms with Gasteiger partial charge in [0.05, 0.1) is 6.54 Å². The van der Waals surface area contributed by atoms with E-state index in [0.717, 1.165) is 31.1 Å². The Morgan fingerprint density at radius 1 is 1.37 bits per heavy atom. The highest BCUT2D eigenvalue weighted by molar-refractivity contribution is 6.28. The maximum atomic E-state index is 5.80. The zero-order valence-electron chi connectivity index (χ0n) is 10.6. The second-order valence-corrected chi connectivity index (χ2v) is 5.29. The molecule has 19 heavy (non-hydrogen) atoms. The van der Waals surface area contributed by atoms with E-state index in [1.165, 1.54) is 12.8 Å². The van der Waals surface area contributed by atoms with Crippen LogP contribution in [0.4, 0.5) is 0 Å². The number of likely N-dealkylation sites (tertiary alicyclic amines) is 1. The number of piperidine rings is 1. The normalized spacial score (nSPS) is 20.6. The third kappa shape index (κ3) is 3.14. The van der Waals surface area contributed by atoms with E-state index in [1.54, 1.807) is 12.4 Å². The zero-order chi connectivity index (χ0) is 13.1. The quantitative estimate of drug-likeness (QED) is 0.864. The van der Waals surface area contributed by atoms with Crippen molar-refractivity contribution >= 4 is 11.6 Å². The van der Waals surface area contributed by atoms with Crippen LogP contribution in [-0.2, 0) is 6.54 Å². The first kappa shape index (κ1) is 12.6. The molecule has 0 N–H and O–H groups in total. The SMILES string of the molecule is Clc1ccc(CN2CCCC(c3ccncn3)C2)o1. The Bertz CT molecular complexity index is 528. The van der Waals surface area contributed by atoms with Crippen LogP contribution in [0.25, 0.3) is 0 Å². The lowest BCUT2D eigenvalue weighted by Crippen LogP contribution is -2.34. The summed E-state index contributed by atoms with van der Waals surface area (Å²) in [7, 11) is 0. The Balaban J connectivity index is 1.65. The Hall–Kier alpha value is -1.39. The van der Waals surface area contributed by atoms with Crippen LogP contribution in [-0.4, -0.2) is 28.0 Å². The standard InChI is InChI=1S/C14H16ClN3O/c15-14-4-3-12(19-14)9-18-7-1-2-11(8-18)13-5-6-16-10-17-13/h3-6,10-11H,1-2,7-9H2. The van der Waals surface area contributed by atoms with Crippen LogP contribution in [0.1, 0.15) is 30.2 Å². The second kappa shape index (κ2) is 5.72. The van der Waals surface area contributed by atoms with Crippen LogP contribution in [0.3, 0.4) is 0 Å². The summed E-state index contributed by atoms with van der Waals surface area (Å²) >= 11 is 5.80. The van der Waals surface area contributed by atoms with Crippen molar-refractivity contribution in [3.05, 3.63) is 47.4 Å². The smallest absolute Gasteiger partial charge is 0.193 e. The third-order valence-electron chi connectivity index (χ3n) is 3.54. The van der Waals surface area contributed by atoms with E-state index in [9.17, 15) is 0 Å². The van der Waals surface area contributed by atoms with E-state index in [-0.39, 0.29) is 0 Å². The Labute approximate surface area is 117 Å². The van der Waals surface area contributed by atoms with Crippen molar-refractivity contribution in [2.75, 3.05) is 13.1 Å². The molecule has 4 nitrogen and oxygen atoms in total. The summed E-state index contributed by atoms with van der Waals surface area (Å²) < 4.78 is 5.43. The van der Waals surface area contributed by atoms with Gasteiger partial charge in [-0.2, -0.15) is 0 Å². The fourth-order valence-electron chi connectivity index (χ4n) is 2.64. The van der Waals surface area contributed by atoms with Crippen LogP contribution in [0.2, 0.25) is 5.22 Å². The molecule has 1 aliphatic heterocycles. The van der Waals surface area contributed by atoms with Gasteiger partial charge >= 0.3 is 0 Å². The van der Waals surface area contributed by atoms with Crippen LogP contribution < -0.4 is 0 Å². The van der Waals surface area contributed by atoms with Crippen molar-refractivity contribution in [2.45, 2.75) is 25.3 Å². The summed E-state index contributed by atoms with van der Waals surface area (Å²) in [5.41, 5.74) is 1.14. The van der Waals surface area contributed by atoms with E-state index in [1.807, 2.05) is 18.3 Å². The molecule has 0 saturated carbocycles. The second-order valence-electron chi connectivity index (χ2n) is 4.91. The Morgan fingerprint density at radius 3 is 3.05 bits per heavy atom. The first-order chi connectivity index (χ1) is 9.31. The molecule has 1 saturated heterocycles. The minimum atomic E-state index is 0.458. The molecule has 2 aromatic heterocycles. The molecule has 1 atom stereocenters. The molecule has 3 heterocycles. The summed E-state index contributed by atoms with van der Waals surface area (Å²) in [4.78, 5) is 10.7. The molecule has 0 amide bonds. The Kier molecular flexibility index (Phi) is 3.80. The van der Waals surface area contributed by atoms with E-state index in [4.69, 9.17) is 16.0 Å². The number of furan rings is 1. The van der Waals surface area contributed by atoms with Gasteiger partial charge in [0, 0.05) is 24.4 Å². The van der Waals surface area contributed by atoms with Crippen LogP contribution in [0, 0.1) is 0 Å². The summed E-state index contributed by atoms with van der Waals surface area (Å²) in [5, 5.41) is 0.458. The number of nitrogens with zero attached hydrogens (tertiary/aromatic N) is 3. The van der Waals surface area contributed by atoms with E-state index >= 15 is 0 Å². The van der Waals surface area contributed by atoms with Gasteiger partial charge in [0.2, 0.25) is 0 Å². The molecular formula is C14H16ClN3O. The van der Waals surface area contributed by atoms with Gasteiger partial charge < -0.3 is 4.42 Å². The van der Waals surface area contributed by atoms with Gasteiger partial charge in [-0.3, -0.25) is 4.90 Å². The molecule has 0 radical (unpaired) electrons. The highest BCUT2D eigenvalue weighted by Gasteiger charge is 2.22. The minimum absolute atomic E-state index is 0.458. The van der Waals surface area contributed by atoms with Crippen molar-refractivity contribution in [1.82, 2.24) is 14.9 Å². The predicted molar refractivity (Wildman–Crippen MR) is 73.0 cm³/mol. The summed E-state index contributed by atoms with van der Waals surface area (Å²) in [6.07, 6.45) is 5.81. The van der Waals surface area contributed by atoms with Gasteiger partial charge in [0.1, 0.15) is 12.1 Å². The maximum Gasteiger partial charge on any atom is 0.193 e. The van der Waals surface area contributed by atoms with Crippen LogP contribution in [0.5, 0.6) is 0 Å². The van der Waals surface area contributed by atoms with E-state index in [0.29, 0.717) is 11.1 Å². The lowest BCUT2D eigenvalue weighted by atomic mass is 9.94. The molecule has 0 aromatic carbocycles. The fourth-order valence-corrected chi connectivity index (χ4v) is 2.80. The van der Waals surface area contributed by atoms with E-state index < -0.39 is 0 Å². The average Bonchev–Trinajstić information content (AvgIpc) is 2.85. The zero-order valence-corrected chi connectivity index (χ0v) is 11.4. The molecular weight excluding hydrogens is 262 g/mol. The van der Waals surface area contributed by atoms with E-state index in [2.05, 4.69) is 14.9 Å². The van der Waals surface area contributed by atoms with Gasteiger partial charge in [-0.05, 0) is 49.2 Å². The van der Waals surface area contributed by atoms with Gasteiger partial charge in [0.25, 0.3) is 0 Å². The number of rotatable bonds is 3. The molecule has 3 rings (SSSR count). The number of aromatic nitrogens is 2. The van der Waals surface area contributed by atoms with Crippen molar-refractivity contribution in [2.24, 2.45) is 0 Å². The highest BCUT2D eigenvalue weighted by atomic mass is 35.5. The number of hydrogen-bond donors (Lipinski definition) is 0. The predicted octanol–water partition coefficient (Wildman–Crippen LogP) is 3.10. The highest BCUT2D eigenvalue weighted by Crippen LogP contribution is 2.26. The topological polar surface area (TPSA) is 42.2 Å². The van der Waals surface area contributed by atoms with Gasteiger partial charge in [-0.25, -0.2) is 9.97 Å². The number of halogens is 1. The molecule has 0 aliphatic carbocycles. The lowest BCUT2D eigenvalue weighted by molar-refractivity contribution is 0.185. The first-order valence-corrected chi connectivity index (χ1v) is 6.91. The fraction of sp³-hybridized carbons (Fsp3) is 0.429. The minimum Gasteiger partial charge on any atom is -0.448 e. The average molecular weight is 278 g/mol. The van der Waals surface area contributed by atoms with Gasteiger partial charge in [-0.15, -0.1) is 0 Å². The molecule has 100 valence electrons. The Morgan fingerprint density at radius 2 is 2.32 bits per heavy atom. The first-order valence-electron chi connectivity index (χ1n) is 6.54. The van der Waals surface area contributed by atoms with Crippen molar-refractivity contribution in [3.8, 4) is 0 Å². The van der Waals surface area contributed by atoms with Crippen LogP contribution in [0.15, 0.2) is 35.1 Å². The summed E-state index contributed by atoms with van der Waals surface area (Å²) in [6.45, 7) is 2.92. The third-order valence-corrected chi connectivity index (χ3v) is 3.74. The molecule has 1 aliphatic rings. The monoisotopic (exact) mass is 277 g/mol. The van der Waals surface area contributed by atoms with Crippen molar-refractivity contribution in [1.29, 1.82) is 0 Å². The van der Waals surface area contributed by atoms with Gasteiger partial charge in [0.15, 0.2) is 5.22 Å². The van der Waals surface area contributed by atoms with Gasteiger partial charge in [-0.1, -0.05) is 0 Å².